The SMILES string of the molecule is CN(CC1(CNC(C)(C)C)CCCC1)c1ccccc1. The van der Waals surface area contributed by atoms with Crippen LogP contribution in [0.25, 0.3) is 0 Å². The van der Waals surface area contributed by atoms with Crippen molar-refractivity contribution in [3.8, 4) is 0 Å². The van der Waals surface area contributed by atoms with Crippen LogP contribution in [0.2, 0.25) is 0 Å². The highest BCUT2D eigenvalue weighted by Gasteiger charge is 2.35. The van der Waals surface area contributed by atoms with E-state index in [1.807, 2.05) is 0 Å². The number of hydrogen-bond acceptors (Lipinski definition) is 2. The standard InChI is InChI=1S/C18H30N2/c1-17(2,3)19-14-18(12-8-9-13-18)15-20(4)16-10-6-5-7-11-16/h5-7,10-11,19H,8-9,12-15H2,1-4H3. The molecule has 0 heterocycles. The van der Waals surface area contributed by atoms with Crippen molar-refractivity contribution in [3.63, 3.8) is 0 Å². The summed E-state index contributed by atoms with van der Waals surface area (Å²) in [4.78, 5) is 2.43. The Morgan fingerprint density at radius 3 is 2.25 bits per heavy atom. The highest BCUT2D eigenvalue weighted by atomic mass is 15.1. The van der Waals surface area contributed by atoms with E-state index in [0.717, 1.165) is 13.1 Å². The Morgan fingerprint density at radius 1 is 1.10 bits per heavy atom. The Labute approximate surface area is 124 Å². The van der Waals surface area contributed by atoms with Crippen molar-refractivity contribution in [1.29, 1.82) is 0 Å². The summed E-state index contributed by atoms with van der Waals surface area (Å²) in [6.07, 6.45) is 5.48. The Morgan fingerprint density at radius 2 is 1.70 bits per heavy atom. The van der Waals surface area contributed by atoms with Crippen LogP contribution in [0, 0.1) is 5.41 Å². The molecule has 1 saturated carbocycles. The molecule has 2 nitrogen and oxygen atoms in total. The summed E-state index contributed by atoms with van der Waals surface area (Å²) in [6, 6.07) is 10.8. The summed E-state index contributed by atoms with van der Waals surface area (Å²) in [5.41, 5.74) is 1.98. The first kappa shape index (κ1) is 15.4. The van der Waals surface area contributed by atoms with Gasteiger partial charge in [-0.15, -0.1) is 0 Å². The first-order valence-corrected chi connectivity index (χ1v) is 7.92. The molecule has 1 aromatic rings. The van der Waals surface area contributed by atoms with Crippen LogP contribution in [-0.4, -0.2) is 25.7 Å². The normalized spacial score (nSPS) is 18.2. The number of benzene rings is 1. The number of rotatable bonds is 5. The Kier molecular flexibility index (Phi) is 4.74. The molecule has 1 fully saturated rings. The van der Waals surface area contributed by atoms with Gasteiger partial charge < -0.3 is 10.2 Å². The van der Waals surface area contributed by atoms with Crippen LogP contribution in [0.4, 0.5) is 5.69 Å². The van der Waals surface area contributed by atoms with E-state index in [1.54, 1.807) is 0 Å². The molecule has 0 saturated heterocycles. The van der Waals surface area contributed by atoms with Crippen LogP contribution < -0.4 is 10.2 Å². The fourth-order valence-corrected chi connectivity index (χ4v) is 3.25. The summed E-state index contributed by atoms with van der Waals surface area (Å²) in [6.45, 7) is 9.07. The van der Waals surface area contributed by atoms with E-state index in [0.29, 0.717) is 5.41 Å². The minimum atomic E-state index is 0.209. The third-order valence-corrected chi connectivity index (χ3v) is 4.43. The third kappa shape index (κ3) is 4.24. The maximum absolute atomic E-state index is 3.73. The van der Waals surface area contributed by atoms with Crippen LogP contribution in [0.15, 0.2) is 30.3 Å². The molecule has 0 bridgehead atoms. The van der Waals surface area contributed by atoms with Gasteiger partial charge in [-0.3, -0.25) is 0 Å². The van der Waals surface area contributed by atoms with Gasteiger partial charge in [0.1, 0.15) is 0 Å². The van der Waals surface area contributed by atoms with Crippen molar-refractivity contribution in [2.24, 2.45) is 5.41 Å². The summed E-state index contributed by atoms with van der Waals surface area (Å²) in [7, 11) is 2.23. The zero-order valence-corrected chi connectivity index (χ0v) is 13.6. The number of hydrogen-bond donors (Lipinski definition) is 1. The summed E-state index contributed by atoms with van der Waals surface area (Å²) in [5.74, 6) is 0. The highest BCUT2D eigenvalue weighted by Crippen LogP contribution is 2.39. The first-order valence-electron chi connectivity index (χ1n) is 7.92. The zero-order chi connectivity index (χ0) is 14.6. The third-order valence-electron chi connectivity index (χ3n) is 4.43. The Bertz CT molecular complexity index is 399. The topological polar surface area (TPSA) is 15.3 Å². The van der Waals surface area contributed by atoms with Crippen molar-refractivity contribution >= 4 is 5.69 Å². The lowest BCUT2D eigenvalue weighted by atomic mass is 9.84. The number of anilines is 1. The Balaban J connectivity index is 2.02. The molecule has 0 radical (unpaired) electrons. The van der Waals surface area contributed by atoms with Gasteiger partial charge in [-0.2, -0.15) is 0 Å². The number of nitrogens with one attached hydrogen (secondary N) is 1. The average molecular weight is 274 g/mol. The second kappa shape index (κ2) is 6.17. The molecule has 1 aliphatic rings. The van der Waals surface area contributed by atoms with Crippen molar-refractivity contribution < 1.29 is 0 Å². The average Bonchev–Trinajstić information content (AvgIpc) is 2.86. The number of nitrogens with zero attached hydrogens (tertiary/aromatic N) is 1. The molecule has 2 heteroatoms. The molecule has 2 rings (SSSR count). The lowest BCUT2D eigenvalue weighted by Crippen LogP contribution is -2.47. The largest absolute Gasteiger partial charge is 0.374 e. The van der Waals surface area contributed by atoms with Gasteiger partial charge >= 0.3 is 0 Å². The predicted molar refractivity (Wildman–Crippen MR) is 88.4 cm³/mol. The van der Waals surface area contributed by atoms with Crippen molar-refractivity contribution in [3.05, 3.63) is 30.3 Å². The highest BCUT2D eigenvalue weighted by molar-refractivity contribution is 5.45. The fraction of sp³-hybridized carbons (Fsp3) is 0.667. The molecule has 0 spiro atoms. The predicted octanol–water partition coefficient (Wildman–Crippen LogP) is 4.07. The molecule has 1 aromatic carbocycles. The second-order valence-electron chi connectivity index (χ2n) is 7.50. The molecule has 1 aliphatic carbocycles. The molecular weight excluding hydrogens is 244 g/mol. The van der Waals surface area contributed by atoms with E-state index in [1.165, 1.54) is 31.4 Å². The molecule has 0 atom stereocenters. The molecule has 0 aromatic heterocycles. The fourth-order valence-electron chi connectivity index (χ4n) is 3.25. The minimum Gasteiger partial charge on any atom is -0.374 e. The van der Waals surface area contributed by atoms with E-state index in [9.17, 15) is 0 Å². The lowest BCUT2D eigenvalue weighted by molar-refractivity contribution is 0.252. The van der Waals surface area contributed by atoms with E-state index in [-0.39, 0.29) is 5.54 Å². The van der Waals surface area contributed by atoms with E-state index < -0.39 is 0 Å². The first-order chi connectivity index (χ1) is 9.40. The van der Waals surface area contributed by atoms with E-state index in [4.69, 9.17) is 0 Å². The Hall–Kier alpha value is -1.02. The smallest absolute Gasteiger partial charge is 0.0363 e. The quantitative estimate of drug-likeness (QED) is 0.870. The van der Waals surface area contributed by atoms with Gasteiger partial charge in [-0.05, 0) is 45.7 Å². The number of para-hydroxylation sites is 1. The van der Waals surface area contributed by atoms with Crippen LogP contribution in [0.3, 0.4) is 0 Å². The summed E-state index contributed by atoms with van der Waals surface area (Å²) < 4.78 is 0. The molecule has 20 heavy (non-hydrogen) atoms. The van der Waals surface area contributed by atoms with Crippen LogP contribution in [0.5, 0.6) is 0 Å². The maximum Gasteiger partial charge on any atom is 0.0363 e. The molecule has 1 N–H and O–H groups in total. The minimum absolute atomic E-state index is 0.209. The van der Waals surface area contributed by atoms with Crippen molar-refractivity contribution in [2.75, 3.05) is 25.0 Å². The van der Waals surface area contributed by atoms with Gasteiger partial charge in [-0.1, -0.05) is 31.0 Å². The van der Waals surface area contributed by atoms with Gasteiger partial charge in [0.15, 0.2) is 0 Å². The second-order valence-corrected chi connectivity index (χ2v) is 7.50. The summed E-state index contributed by atoms with van der Waals surface area (Å²) in [5, 5.41) is 3.73. The lowest BCUT2D eigenvalue weighted by Gasteiger charge is -2.37. The summed E-state index contributed by atoms with van der Waals surface area (Å²) >= 11 is 0. The molecule has 0 amide bonds. The molecular formula is C18H30N2. The van der Waals surface area contributed by atoms with Gasteiger partial charge in [0, 0.05) is 36.8 Å². The van der Waals surface area contributed by atoms with Crippen molar-refractivity contribution in [2.45, 2.75) is 52.0 Å². The molecule has 0 aliphatic heterocycles. The van der Waals surface area contributed by atoms with Gasteiger partial charge in [0.25, 0.3) is 0 Å². The van der Waals surface area contributed by atoms with Crippen LogP contribution >= 0.6 is 0 Å². The molecule has 0 unspecified atom stereocenters. The van der Waals surface area contributed by atoms with E-state index >= 15 is 0 Å². The van der Waals surface area contributed by atoms with Crippen LogP contribution in [0.1, 0.15) is 46.5 Å². The van der Waals surface area contributed by atoms with Gasteiger partial charge in [-0.25, -0.2) is 0 Å². The molecule has 112 valence electrons. The van der Waals surface area contributed by atoms with Gasteiger partial charge in [0.2, 0.25) is 0 Å². The zero-order valence-electron chi connectivity index (χ0n) is 13.6. The monoisotopic (exact) mass is 274 g/mol. The van der Waals surface area contributed by atoms with Gasteiger partial charge in [0.05, 0.1) is 0 Å². The van der Waals surface area contributed by atoms with E-state index in [2.05, 4.69) is 68.4 Å². The van der Waals surface area contributed by atoms with Crippen LogP contribution in [-0.2, 0) is 0 Å². The maximum atomic E-state index is 3.73. The van der Waals surface area contributed by atoms with Crippen molar-refractivity contribution in [1.82, 2.24) is 5.32 Å².